The van der Waals surface area contributed by atoms with Gasteiger partial charge in [0, 0.05) is 38.2 Å². The lowest BCUT2D eigenvalue weighted by atomic mass is 9.99. The second-order valence-corrected chi connectivity index (χ2v) is 8.36. The molecule has 0 aliphatic carbocycles. The Balaban J connectivity index is 0.00000300. The standard InChI is InChI=1S/C22H39N5O.HI/c1-4-19(5-2)21-14-20(28-25-21)15-24-22(23-6-3)27-13-10-18(17-27)16-26-11-8-7-9-12-26;/h14,18-19H,4-13,15-17H2,1-3H3,(H,23,24);1H. The van der Waals surface area contributed by atoms with Gasteiger partial charge in [-0.1, -0.05) is 25.4 Å². The molecule has 0 radical (unpaired) electrons. The molecule has 7 heteroatoms. The third-order valence-electron chi connectivity index (χ3n) is 6.25. The van der Waals surface area contributed by atoms with E-state index >= 15 is 0 Å². The van der Waals surface area contributed by atoms with E-state index in [2.05, 4.69) is 47.1 Å². The van der Waals surface area contributed by atoms with Gasteiger partial charge in [0.25, 0.3) is 0 Å². The van der Waals surface area contributed by atoms with Crippen LogP contribution in [0.5, 0.6) is 0 Å². The minimum Gasteiger partial charge on any atom is -0.359 e. The second-order valence-electron chi connectivity index (χ2n) is 8.36. The van der Waals surface area contributed by atoms with Crippen LogP contribution < -0.4 is 5.32 Å². The van der Waals surface area contributed by atoms with Crippen molar-refractivity contribution in [1.82, 2.24) is 20.3 Å². The Kier molecular flexibility index (Phi) is 10.8. The van der Waals surface area contributed by atoms with E-state index in [0.717, 1.165) is 55.8 Å². The summed E-state index contributed by atoms with van der Waals surface area (Å²) < 4.78 is 5.55. The van der Waals surface area contributed by atoms with Crippen LogP contribution in [0.4, 0.5) is 0 Å². The smallest absolute Gasteiger partial charge is 0.194 e. The Hall–Kier alpha value is -0.830. The van der Waals surface area contributed by atoms with E-state index in [1.807, 2.05) is 0 Å². The molecular formula is C22H40IN5O. The number of rotatable bonds is 8. The lowest BCUT2D eigenvalue weighted by Crippen LogP contribution is -2.41. The third-order valence-corrected chi connectivity index (χ3v) is 6.25. The summed E-state index contributed by atoms with van der Waals surface area (Å²) in [5, 5.41) is 7.74. The molecule has 29 heavy (non-hydrogen) atoms. The molecule has 0 saturated carbocycles. The first kappa shape index (κ1) is 24.4. The molecule has 0 bridgehead atoms. The van der Waals surface area contributed by atoms with Crippen molar-refractivity contribution in [2.75, 3.05) is 39.3 Å². The molecule has 166 valence electrons. The maximum atomic E-state index is 5.55. The highest BCUT2D eigenvalue weighted by atomic mass is 127. The van der Waals surface area contributed by atoms with E-state index in [-0.39, 0.29) is 24.0 Å². The Morgan fingerprint density at radius 3 is 2.66 bits per heavy atom. The summed E-state index contributed by atoms with van der Waals surface area (Å²) in [6.45, 7) is 14.0. The minimum absolute atomic E-state index is 0. The summed E-state index contributed by atoms with van der Waals surface area (Å²) in [7, 11) is 0. The van der Waals surface area contributed by atoms with Crippen LogP contribution in [0.3, 0.4) is 0 Å². The van der Waals surface area contributed by atoms with Crippen molar-refractivity contribution >= 4 is 29.9 Å². The number of piperidine rings is 1. The molecule has 1 unspecified atom stereocenters. The van der Waals surface area contributed by atoms with E-state index in [1.165, 1.54) is 45.3 Å². The maximum Gasteiger partial charge on any atom is 0.194 e. The van der Waals surface area contributed by atoms with Crippen LogP contribution in [0.25, 0.3) is 0 Å². The van der Waals surface area contributed by atoms with Gasteiger partial charge >= 0.3 is 0 Å². The van der Waals surface area contributed by atoms with Crippen molar-refractivity contribution in [1.29, 1.82) is 0 Å². The number of nitrogens with one attached hydrogen (secondary N) is 1. The zero-order chi connectivity index (χ0) is 19.8. The molecule has 2 aliphatic heterocycles. The molecule has 1 N–H and O–H groups in total. The van der Waals surface area contributed by atoms with Crippen molar-refractivity contribution in [3.8, 4) is 0 Å². The van der Waals surface area contributed by atoms with Crippen molar-refractivity contribution in [2.24, 2.45) is 10.9 Å². The molecule has 3 heterocycles. The quantitative estimate of drug-likeness (QED) is 0.313. The third kappa shape index (κ3) is 7.12. The van der Waals surface area contributed by atoms with Crippen LogP contribution in [0.1, 0.15) is 76.7 Å². The molecule has 2 aliphatic rings. The highest BCUT2D eigenvalue weighted by molar-refractivity contribution is 14.0. The molecular weight excluding hydrogens is 477 g/mol. The van der Waals surface area contributed by atoms with Crippen LogP contribution in [0.15, 0.2) is 15.6 Å². The van der Waals surface area contributed by atoms with E-state index < -0.39 is 0 Å². The van der Waals surface area contributed by atoms with Crippen LogP contribution in [-0.2, 0) is 6.54 Å². The number of guanidine groups is 1. The summed E-state index contributed by atoms with van der Waals surface area (Å²) in [5.41, 5.74) is 1.07. The van der Waals surface area contributed by atoms with Crippen molar-refractivity contribution in [3.63, 3.8) is 0 Å². The van der Waals surface area contributed by atoms with E-state index in [0.29, 0.717) is 12.5 Å². The van der Waals surface area contributed by atoms with E-state index in [9.17, 15) is 0 Å². The summed E-state index contributed by atoms with van der Waals surface area (Å²) in [4.78, 5) is 9.94. The van der Waals surface area contributed by atoms with Gasteiger partial charge in [-0.2, -0.15) is 0 Å². The largest absolute Gasteiger partial charge is 0.359 e. The van der Waals surface area contributed by atoms with Crippen LogP contribution in [-0.4, -0.2) is 60.2 Å². The molecule has 6 nitrogen and oxygen atoms in total. The van der Waals surface area contributed by atoms with Crippen LogP contribution >= 0.6 is 24.0 Å². The predicted molar refractivity (Wildman–Crippen MR) is 130 cm³/mol. The number of hydrogen-bond acceptors (Lipinski definition) is 4. The van der Waals surface area contributed by atoms with Gasteiger partial charge in [0.15, 0.2) is 11.7 Å². The molecule has 2 saturated heterocycles. The first-order valence-corrected chi connectivity index (χ1v) is 11.4. The predicted octanol–water partition coefficient (Wildman–Crippen LogP) is 4.47. The van der Waals surface area contributed by atoms with Crippen molar-refractivity contribution in [3.05, 3.63) is 17.5 Å². The number of aliphatic imine (C=N–C) groups is 1. The van der Waals surface area contributed by atoms with Gasteiger partial charge < -0.3 is 19.6 Å². The zero-order valence-corrected chi connectivity index (χ0v) is 20.9. The normalized spacial score (nSPS) is 20.9. The van der Waals surface area contributed by atoms with Gasteiger partial charge in [0.2, 0.25) is 0 Å². The fourth-order valence-corrected chi connectivity index (χ4v) is 4.56. The van der Waals surface area contributed by atoms with Gasteiger partial charge in [-0.05, 0) is 58.0 Å². The Morgan fingerprint density at radius 1 is 1.21 bits per heavy atom. The average Bonchev–Trinajstić information content (AvgIpc) is 3.37. The maximum absolute atomic E-state index is 5.55. The summed E-state index contributed by atoms with van der Waals surface area (Å²) in [5.74, 6) is 3.13. The van der Waals surface area contributed by atoms with E-state index in [4.69, 9.17) is 9.52 Å². The average molecular weight is 518 g/mol. The van der Waals surface area contributed by atoms with Gasteiger partial charge in [0.05, 0.1) is 5.69 Å². The Bertz CT molecular complexity index is 610. The van der Waals surface area contributed by atoms with Crippen molar-refractivity contribution < 1.29 is 4.52 Å². The molecule has 3 rings (SSSR count). The van der Waals surface area contributed by atoms with E-state index in [1.54, 1.807) is 0 Å². The van der Waals surface area contributed by atoms with Gasteiger partial charge in [-0.15, -0.1) is 24.0 Å². The fourth-order valence-electron chi connectivity index (χ4n) is 4.56. The number of halogens is 1. The SMILES string of the molecule is CCNC(=NCc1cc(C(CC)CC)no1)N1CCC(CN2CCCCC2)C1.I. The molecule has 1 atom stereocenters. The highest BCUT2D eigenvalue weighted by Crippen LogP contribution is 2.23. The number of aromatic nitrogens is 1. The Labute approximate surface area is 193 Å². The van der Waals surface area contributed by atoms with Gasteiger partial charge in [-0.3, -0.25) is 0 Å². The molecule has 0 amide bonds. The highest BCUT2D eigenvalue weighted by Gasteiger charge is 2.27. The topological polar surface area (TPSA) is 56.9 Å². The van der Waals surface area contributed by atoms with Crippen molar-refractivity contribution in [2.45, 2.75) is 71.8 Å². The summed E-state index contributed by atoms with van der Waals surface area (Å²) in [6.07, 6.45) is 7.61. The molecule has 0 spiro atoms. The minimum atomic E-state index is 0. The Morgan fingerprint density at radius 2 is 1.97 bits per heavy atom. The van der Waals surface area contributed by atoms with Crippen LogP contribution in [0.2, 0.25) is 0 Å². The zero-order valence-electron chi connectivity index (χ0n) is 18.5. The molecule has 1 aromatic heterocycles. The molecule has 0 aromatic carbocycles. The number of nitrogens with zero attached hydrogens (tertiary/aromatic N) is 4. The second kappa shape index (κ2) is 12.8. The lowest BCUT2D eigenvalue weighted by molar-refractivity contribution is 0.198. The first-order chi connectivity index (χ1) is 13.7. The molecule has 2 fully saturated rings. The van der Waals surface area contributed by atoms with Crippen LogP contribution in [0, 0.1) is 5.92 Å². The number of hydrogen-bond donors (Lipinski definition) is 1. The number of likely N-dealkylation sites (tertiary alicyclic amines) is 2. The lowest BCUT2D eigenvalue weighted by Gasteiger charge is -2.29. The monoisotopic (exact) mass is 517 g/mol. The molecule has 1 aromatic rings. The summed E-state index contributed by atoms with van der Waals surface area (Å²) >= 11 is 0. The van der Waals surface area contributed by atoms with Gasteiger partial charge in [0.1, 0.15) is 6.54 Å². The van der Waals surface area contributed by atoms with Gasteiger partial charge in [-0.25, -0.2) is 4.99 Å². The fraction of sp³-hybridized carbons (Fsp3) is 0.818. The summed E-state index contributed by atoms with van der Waals surface area (Å²) in [6, 6.07) is 2.09. The first-order valence-electron chi connectivity index (χ1n) is 11.4.